The molecule has 5 nitrogen and oxygen atoms in total. The Morgan fingerprint density at radius 2 is 1.53 bits per heavy atom. The Morgan fingerprint density at radius 1 is 0.867 bits per heavy atom. The fourth-order valence-corrected chi connectivity index (χ4v) is 4.51. The molecular weight excluding hydrogens is 396 g/mol. The third-order valence-corrected chi connectivity index (χ3v) is 6.52. The van der Waals surface area contributed by atoms with Gasteiger partial charge in [-0.05, 0) is 43.7 Å². The van der Waals surface area contributed by atoms with Gasteiger partial charge in [-0.15, -0.1) is 0 Å². The highest BCUT2D eigenvalue weighted by molar-refractivity contribution is 7.89. The van der Waals surface area contributed by atoms with Crippen LogP contribution in [0.25, 0.3) is 22.0 Å². The minimum atomic E-state index is -3.76. The molecule has 30 heavy (non-hydrogen) atoms. The van der Waals surface area contributed by atoms with E-state index in [-0.39, 0.29) is 17.0 Å². The van der Waals surface area contributed by atoms with Gasteiger partial charge in [-0.1, -0.05) is 59.7 Å². The second-order valence-electron chi connectivity index (χ2n) is 7.36. The molecule has 152 valence electrons. The van der Waals surface area contributed by atoms with Crippen LogP contribution in [0.1, 0.15) is 16.7 Å². The molecule has 0 aliphatic carbocycles. The summed E-state index contributed by atoms with van der Waals surface area (Å²) in [6.07, 6.45) is 0. The van der Waals surface area contributed by atoms with E-state index in [1.807, 2.05) is 62.4 Å². The maximum Gasteiger partial charge on any atom is 0.253 e. The van der Waals surface area contributed by atoms with Crippen LogP contribution in [0.15, 0.2) is 82.5 Å². The van der Waals surface area contributed by atoms with E-state index in [1.54, 1.807) is 24.3 Å². The molecule has 0 saturated heterocycles. The number of H-pyrrole nitrogens is 1. The van der Waals surface area contributed by atoms with Gasteiger partial charge in [0, 0.05) is 28.6 Å². The summed E-state index contributed by atoms with van der Waals surface area (Å²) in [6.45, 7) is 3.77. The molecule has 0 fully saturated rings. The normalized spacial score (nSPS) is 11.7. The number of aryl methyl sites for hydroxylation is 2. The molecular formula is C24H22N2O3S. The van der Waals surface area contributed by atoms with Crippen LogP contribution < -0.4 is 10.3 Å². The molecule has 4 rings (SSSR count). The molecule has 0 spiro atoms. The summed E-state index contributed by atoms with van der Waals surface area (Å²) in [5.74, 6) is 0. The third kappa shape index (κ3) is 3.92. The highest BCUT2D eigenvalue weighted by atomic mass is 32.2. The van der Waals surface area contributed by atoms with Gasteiger partial charge in [0.15, 0.2) is 0 Å². The lowest BCUT2D eigenvalue weighted by molar-refractivity contribution is 0.581. The Hall–Kier alpha value is -3.22. The number of pyridine rings is 1. The lowest BCUT2D eigenvalue weighted by Gasteiger charge is -2.14. The first kappa shape index (κ1) is 20.1. The fraction of sp³-hybridized carbons (Fsp3) is 0.125. The zero-order valence-corrected chi connectivity index (χ0v) is 17.6. The van der Waals surface area contributed by atoms with Crippen molar-refractivity contribution in [2.24, 2.45) is 0 Å². The Bertz CT molecular complexity index is 1370. The summed E-state index contributed by atoms with van der Waals surface area (Å²) in [5, 5.41) is 0.880. The van der Waals surface area contributed by atoms with E-state index in [0.717, 1.165) is 33.2 Å². The topological polar surface area (TPSA) is 79.0 Å². The molecule has 4 aromatic rings. The predicted octanol–water partition coefficient (Wildman–Crippen LogP) is 4.29. The Balaban J connectivity index is 1.83. The molecule has 0 amide bonds. The standard InChI is InChI=1S/C24H22N2O3S/c1-16-8-11-19(12-9-16)30(28,29)25-15-21-23(18-6-4-3-5-7-18)20-14-17(2)10-13-22(20)26-24(21)27/h3-14,25H,15H2,1-2H3,(H,26,27). The second-order valence-corrected chi connectivity index (χ2v) is 9.13. The van der Waals surface area contributed by atoms with E-state index in [4.69, 9.17) is 0 Å². The van der Waals surface area contributed by atoms with Crippen molar-refractivity contribution in [3.63, 3.8) is 0 Å². The minimum Gasteiger partial charge on any atom is -0.322 e. The minimum absolute atomic E-state index is 0.111. The highest BCUT2D eigenvalue weighted by Gasteiger charge is 2.19. The molecule has 3 aromatic carbocycles. The first-order valence-electron chi connectivity index (χ1n) is 9.62. The van der Waals surface area contributed by atoms with Crippen LogP contribution >= 0.6 is 0 Å². The van der Waals surface area contributed by atoms with Gasteiger partial charge in [0.25, 0.3) is 5.56 Å². The zero-order valence-electron chi connectivity index (χ0n) is 16.8. The molecule has 0 aliphatic rings. The number of aromatic amines is 1. The van der Waals surface area contributed by atoms with Gasteiger partial charge in [-0.3, -0.25) is 4.79 Å². The molecule has 1 heterocycles. The summed E-state index contributed by atoms with van der Waals surface area (Å²) in [5.41, 5.74) is 4.43. The number of nitrogens with one attached hydrogen (secondary N) is 2. The van der Waals surface area contributed by atoms with Gasteiger partial charge in [-0.2, -0.15) is 0 Å². The first-order chi connectivity index (χ1) is 14.3. The maximum absolute atomic E-state index is 12.9. The summed E-state index contributed by atoms with van der Waals surface area (Å²) in [4.78, 5) is 16.0. The van der Waals surface area contributed by atoms with Crippen molar-refractivity contribution in [2.75, 3.05) is 0 Å². The summed E-state index contributed by atoms with van der Waals surface area (Å²) in [7, 11) is -3.76. The summed E-state index contributed by atoms with van der Waals surface area (Å²) < 4.78 is 28.1. The molecule has 0 atom stereocenters. The lowest BCUT2D eigenvalue weighted by Crippen LogP contribution is -2.27. The number of hydrogen-bond acceptors (Lipinski definition) is 3. The third-order valence-electron chi connectivity index (χ3n) is 5.10. The first-order valence-corrected chi connectivity index (χ1v) is 11.1. The highest BCUT2D eigenvalue weighted by Crippen LogP contribution is 2.30. The Morgan fingerprint density at radius 3 is 2.23 bits per heavy atom. The molecule has 0 aliphatic heterocycles. The molecule has 6 heteroatoms. The van der Waals surface area contributed by atoms with Crippen molar-refractivity contribution in [2.45, 2.75) is 25.3 Å². The summed E-state index contributed by atoms with van der Waals surface area (Å²) >= 11 is 0. The largest absolute Gasteiger partial charge is 0.322 e. The van der Waals surface area contributed by atoms with Crippen LogP contribution in [0.3, 0.4) is 0 Å². The number of fused-ring (bicyclic) bond motifs is 1. The van der Waals surface area contributed by atoms with Gasteiger partial charge >= 0.3 is 0 Å². The van der Waals surface area contributed by atoms with E-state index >= 15 is 0 Å². The SMILES string of the molecule is Cc1ccc(S(=O)(=O)NCc2c(-c3ccccc3)c3cc(C)ccc3[nH]c2=O)cc1. The molecule has 2 N–H and O–H groups in total. The van der Waals surface area contributed by atoms with Crippen LogP contribution in [-0.4, -0.2) is 13.4 Å². The van der Waals surface area contributed by atoms with Gasteiger partial charge in [0.05, 0.1) is 4.90 Å². The fourth-order valence-electron chi connectivity index (χ4n) is 3.52. The van der Waals surface area contributed by atoms with E-state index in [0.29, 0.717) is 5.56 Å². The zero-order chi connectivity index (χ0) is 21.3. The van der Waals surface area contributed by atoms with Crippen molar-refractivity contribution in [1.82, 2.24) is 9.71 Å². The van der Waals surface area contributed by atoms with Crippen molar-refractivity contribution in [3.8, 4) is 11.1 Å². The van der Waals surface area contributed by atoms with E-state index in [2.05, 4.69) is 9.71 Å². The molecule has 0 bridgehead atoms. The second kappa shape index (κ2) is 7.89. The van der Waals surface area contributed by atoms with Crippen LogP contribution in [0.2, 0.25) is 0 Å². The van der Waals surface area contributed by atoms with Gasteiger partial charge < -0.3 is 4.98 Å². The van der Waals surface area contributed by atoms with E-state index in [1.165, 1.54) is 0 Å². The Labute approximate surface area is 175 Å². The monoisotopic (exact) mass is 418 g/mol. The van der Waals surface area contributed by atoms with Gasteiger partial charge in [0.1, 0.15) is 0 Å². The quantitative estimate of drug-likeness (QED) is 0.507. The van der Waals surface area contributed by atoms with Crippen molar-refractivity contribution in [3.05, 3.63) is 99.8 Å². The number of rotatable bonds is 5. The average molecular weight is 419 g/mol. The molecule has 0 unspecified atom stereocenters. The molecule has 0 saturated carbocycles. The molecule has 1 aromatic heterocycles. The number of hydrogen-bond donors (Lipinski definition) is 2. The van der Waals surface area contributed by atoms with Crippen molar-refractivity contribution >= 4 is 20.9 Å². The number of benzene rings is 3. The summed E-state index contributed by atoms with van der Waals surface area (Å²) in [6, 6.07) is 22.0. The average Bonchev–Trinajstić information content (AvgIpc) is 2.73. The number of aromatic nitrogens is 1. The van der Waals surface area contributed by atoms with Gasteiger partial charge in [0.2, 0.25) is 10.0 Å². The van der Waals surface area contributed by atoms with Gasteiger partial charge in [-0.25, -0.2) is 13.1 Å². The van der Waals surface area contributed by atoms with Crippen LogP contribution in [0, 0.1) is 13.8 Å². The lowest BCUT2D eigenvalue weighted by atomic mass is 9.95. The predicted molar refractivity (Wildman–Crippen MR) is 120 cm³/mol. The smallest absolute Gasteiger partial charge is 0.253 e. The molecule has 0 radical (unpaired) electrons. The van der Waals surface area contributed by atoms with Crippen molar-refractivity contribution in [1.29, 1.82) is 0 Å². The van der Waals surface area contributed by atoms with Crippen LogP contribution in [0.5, 0.6) is 0 Å². The van der Waals surface area contributed by atoms with E-state index in [9.17, 15) is 13.2 Å². The number of sulfonamides is 1. The van der Waals surface area contributed by atoms with Crippen molar-refractivity contribution < 1.29 is 8.42 Å². The Kier molecular flexibility index (Phi) is 5.28. The van der Waals surface area contributed by atoms with Crippen LogP contribution in [-0.2, 0) is 16.6 Å². The van der Waals surface area contributed by atoms with Crippen LogP contribution in [0.4, 0.5) is 0 Å². The maximum atomic E-state index is 12.9. The van der Waals surface area contributed by atoms with E-state index < -0.39 is 10.0 Å².